The summed E-state index contributed by atoms with van der Waals surface area (Å²) in [6.07, 6.45) is -0.0380. The van der Waals surface area contributed by atoms with Crippen LogP contribution in [-0.4, -0.2) is 75.1 Å². The van der Waals surface area contributed by atoms with Gasteiger partial charge in [-0.1, -0.05) is 18.5 Å². The molecule has 2 heterocycles. The molecule has 0 aliphatic carbocycles. The number of phenols is 1. The van der Waals surface area contributed by atoms with Gasteiger partial charge in [-0.15, -0.1) is 0 Å². The van der Waals surface area contributed by atoms with Crippen molar-refractivity contribution in [3.05, 3.63) is 39.6 Å². The molecule has 1 aromatic rings. The van der Waals surface area contributed by atoms with Crippen LogP contribution in [0.5, 0.6) is 5.75 Å². The molecule has 1 fully saturated rings. The van der Waals surface area contributed by atoms with Crippen molar-refractivity contribution in [2.24, 2.45) is 11.8 Å². The van der Waals surface area contributed by atoms with E-state index in [0.29, 0.717) is 36.2 Å². The maximum Gasteiger partial charge on any atom is 0.352 e. The van der Waals surface area contributed by atoms with Gasteiger partial charge in [0.1, 0.15) is 11.4 Å². The Bertz CT molecular complexity index is 989. The summed E-state index contributed by atoms with van der Waals surface area (Å²) in [5.74, 6) is -2.34. The van der Waals surface area contributed by atoms with Gasteiger partial charge in [-0.25, -0.2) is 4.79 Å². The number of aliphatic hydroxyl groups is 1. The zero-order valence-corrected chi connectivity index (χ0v) is 19.4. The smallest absolute Gasteiger partial charge is 0.352 e. The van der Waals surface area contributed by atoms with Gasteiger partial charge in [-0.3, -0.25) is 9.59 Å². The Morgan fingerprint density at radius 2 is 1.97 bits per heavy atom. The van der Waals surface area contributed by atoms with Crippen molar-refractivity contribution >= 4 is 29.3 Å². The van der Waals surface area contributed by atoms with Crippen LogP contribution in [0, 0.1) is 18.8 Å². The minimum Gasteiger partial charge on any atom is -0.508 e. The van der Waals surface area contributed by atoms with E-state index < -0.39 is 18.0 Å². The van der Waals surface area contributed by atoms with Crippen molar-refractivity contribution in [1.29, 1.82) is 0 Å². The normalized spacial score (nSPS) is 23.4. The highest BCUT2D eigenvalue weighted by Gasteiger charge is 2.59. The minimum atomic E-state index is -1.15. The first-order valence-electron chi connectivity index (χ1n) is 10.6. The van der Waals surface area contributed by atoms with E-state index in [1.165, 1.54) is 17.0 Å². The third-order valence-corrected chi connectivity index (χ3v) is 7.05. The van der Waals surface area contributed by atoms with Gasteiger partial charge >= 0.3 is 5.97 Å². The minimum absolute atomic E-state index is 0.0127. The lowest BCUT2D eigenvalue weighted by Gasteiger charge is -2.46. The molecule has 0 spiro atoms. The van der Waals surface area contributed by atoms with Crippen molar-refractivity contribution in [2.45, 2.75) is 45.8 Å². The average molecular weight is 465 g/mol. The molecule has 0 saturated carbocycles. The molecular weight excluding hydrogens is 436 g/mol. The quantitative estimate of drug-likeness (QED) is 0.379. The van der Waals surface area contributed by atoms with E-state index in [4.69, 9.17) is 11.6 Å². The van der Waals surface area contributed by atoms with E-state index in [1.807, 2.05) is 18.9 Å². The van der Waals surface area contributed by atoms with Gasteiger partial charge in [-0.2, -0.15) is 0 Å². The highest BCUT2D eigenvalue weighted by atomic mass is 35.5. The second-order valence-corrected chi connectivity index (χ2v) is 9.15. The molecule has 2 aliphatic rings. The van der Waals surface area contributed by atoms with E-state index in [-0.39, 0.29) is 46.5 Å². The number of hydrogen-bond donors (Lipinski definition) is 3. The molecule has 0 bridgehead atoms. The van der Waals surface area contributed by atoms with E-state index in [9.17, 15) is 29.7 Å². The highest BCUT2D eigenvalue weighted by Crippen LogP contribution is 2.47. The van der Waals surface area contributed by atoms with Gasteiger partial charge in [0.05, 0.1) is 23.1 Å². The van der Waals surface area contributed by atoms with Crippen molar-refractivity contribution in [3.8, 4) is 5.75 Å². The van der Waals surface area contributed by atoms with Gasteiger partial charge in [0.2, 0.25) is 5.91 Å². The summed E-state index contributed by atoms with van der Waals surface area (Å²) in [4.78, 5) is 40.1. The summed E-state index contributed by atoms with van der Waals surface area (Å²) in [5.41, 5.74) is 1.51. The molecule has 3 rings (SSSR count). The summed E-state index contributed by atoms with van der Waals surface area (Å²) in [6, 6.07) is 2.63. The maximum absolute atomic E-state index is 12.5. The molecule has 32 heavy (non-hydrogen) atoms. The van der Waals surface area contributed by atoms with Gasteiger partial charge in [0.25, 0.3) is 0 Å². The largest absolute Gasteiger partial charge is 0.508 e. The number of halogens is 1. The standard InChI is InChI=1S/C23H29ClN2O6/c1-11-15(21(23(31)32)26-20(11)18(13(3)27)22(26)30)10-25(4)9-5-6-17(29)14-7-8-16(28)12(2)19(14)24/h7-8,11,13,18,20,27-28H,5-6,9-10H2,1-4H3,(H,31,32)/t11-,13+,18+,20+/m0/s1. The Morgan fingerprint density at radius 1 is 1.31 bits per heavy atom. The van der Waals surface area contributed by atoms with Gasteiger partial charge < -0.3 is 25.1 Å². The van der Waals surface area contributed by atoms with Crippen LogP contribution in [0.15, 0.2) is 23.4 Å². The zero-order valence-electron chi connectivity index (χ0n) is 18.6. The van der Waals surface area contributed by atoms with Gasteiger partial charge in [0, 0.05) is 30.0 Å². The molecule has 1 amide bonds. The summed E-state index contributed by atoms with van der Waals surface area (Å²) < 4.78 is 0. The molecule has 0 radical (unpaired) electrons. The number of aliphatic carboxylic acids is 1. The number of carboxylic acids is 1. The second kappa shape index (κ2) is 9.21. The van der Waals surface area contributed by atoms with Crippen molar-refractivity contribution in [3.63, 3.8) is 0 Å². The summed E-state index contributed by atoms with van der Waals surface area (Å²) in [7, 11) is 1.84. The number of aliphatic hydroxyl groups excluding tert-OH is 1. The van der Waals surface area contributed by atoms with Gasteiger partial charge in [0.15, 0.2) is 5.78 Å². The molecule has 8 nitrogen and oxygen atoms in total. The Morgan fingerprint density at radius 3 is 2.56 bits per heavy atom. The number of carbonyl (C=O) groups excluding carboxylic acids is 2. The van der Waals surface area contributed by atoms with Crippen LogP contribution in [-0.2, 0) is 9.59 Å². The first kappa shape index (κ1) is 24.2. The summed E-state index contributed by atoms with van der Waals surface area (Å²) >= 11 is 6.19. The van der Waals surface area contributed by atoms with Crippen LogP contribution < -0.4 is 0 Å². The number of carbonyl (C=O) groups is 3. The van der Waals surface area contributed by atoms with Crippen molar-refractivity contribution in [1.82, 2.24) is 9.80 Å². The van der Waals surface area contributed by atoms with Crippen LogP contribution in [0.1, 0.15) is 42.6 Å². The number of amides is 1. The summed E-state index contributed by atoms with van der Waals surface area (Å²) in [6.45, 7) is 5.98. The number of nitrogens with zero attached hydrogens (tertiary/aromatic N) is 2. The molecule has 3 N–H and O–H groups in total. The van der Waals surface area contributed by atoms with Crippen molar-refractivity contribution < 1.29 is 29.7 Å². The Kier molecular flexibility index (Phi) is 6.97. The maximum atomic E-state index is 12.5. The highest BCUT2D eigenvalue weighted by molar-refractivity contribution is 6.34. The Labute approximate surface area is 192 Å². The Balaban J connectivity index is 1.63. The monoisotopic (exact) mass is 464 g/mol. The number of carboxylic acid groups (broad SMARTS) is 1. The van der Waals surface area contributed by atoms with E-state index in [2.05, 4.69) is 0 Å². The fraction of sp³-hybridized carbons (Fsp3) is 0.522. The lowest BCUT2D eigenvalue weighted by molar-refractivity contribution is -0.163. The van der Waals surface area contributed by atoms with Crippen LogP contribution in [0.2, 0.25) is 5.02 Å². The van der Waals surface area contributed by atoms with Crippen LogP contribution in [0.4, 0.5) is 0 Å². The summed E-state index contributed by atoms with van der Waals surface area (Å²) in [5, 5.41) is 29.6. The molecule has 0 unspecified atom stereocenters. The first-order valence-corrected chi connectivity index (χ1v) is 11.0. The van der Waals surface area contributed by atoms with E-state index >= 15 is 0 Å². The average Bonchev–Trinajstić information content (AvgIpc) is 2.94. The van der Waals surface area contributed by atoms with Crippen LogP contribution in [0.3, 0.4) is 0 Å². The van der Waals surface area contributed by atoms with Crippen LogP contribution in [0.25, 0.3) is 0 Å². The lowest BCUT2D eigenvalue weighted by atomic mass is 9.77. The Hall–Kier alpha value is -2.42. The second-order valence-electron chi connectivity index (χ2n) is 8.77. The number of ketones is 1. The zero-order chi connectivity index (χ0) is 23.9. The predicted molar refractivity (Wildman–Crippen MR) is 119 cm³/mol. The number of benzene rings is 1. The van der Waals surface area contributed by atoms with Crippen LogP contribution >= 0.6 is 11.6 Å². The molecule has 9 heteroatoms. The number of fused-ring (bicyclic) bond motifs is 1. The first-order chi connectivity index (χ1) is 15.0. The van der Waals surface area contributed by atoms with E-state index in [0.717, 1.165) is 0 Å². The molecule has 4 atom stereocenters. The number of rotatable bonds is 9. The molecule has 1 aromatic carbocycles. The molecule has 0 aromatic heterocycles. The third-order valence-electron chi connectivity index (χ3n) is 6.56. The number of likely N-dealkylation sites (N-methyl/N-ethyl adjacent to an activating group) is 1. The number of β-lactam (4-membered cyclic amide) rings is 1. The molecule has 174 valence electrons. The molecule has 1 saturated heterocycles. The number of Topliss-reactive ketones (excluding diaryl/α,β-unsaturated/α-hetero) is 1. The SMILES string of the molecule is Cc1c(O)ccc(C(=O)CCCN(C)CC2=C(C(=O)O)N3C(=O)[C@H]([C@@H](C)O)[C@H]3[C@H]2C)c1Cl. The number of hydrogen-bond acceptors (Lipinski definition) is 6. The number of phenolic OH excluding ortho intramolecular Hbond substituents is 1. The molecule has 2 aliphatic heterocycles. The lowest BCUT2D eigenvalue weighted by Crippen LogP contribution is -2.63. The van der Waals surface area contributed by atoms with Crippen molar-refractivity contribution in [2.75, 3.05) is 20.1 Å². The van der Waals surface area contributed by atoms with E-state index in [1.54, 1.807) is 13.8 Å². The fourth-order valence-corrected chi connectivity index (χ4v) is 5.02. The topological polar surface area (TPSA) is 118 Å². The fourth-order valence-electron chi connectivity index (χ4n) is 4.76. The predicted octanol–water partition coefficient (Wildman–Crippen LogP) is 2.44. The molecular formula is C23H29ClN2O6. The van der Waals surface area contributed by atoms with Gasteiger partial charge in [-0.05, 0) is 51.6 Å². The number of aromatic hydroxyl groups is 1. The third kappa shape index (κ3) is 4.14.